The lowest BCUT2D eigenvalue weighted by Crippen LogP contribution is -2.30. The van der Waals surface area contributed by atoms with Crippen molar-refractivity contribution < 1.29 is 5.11 Å². The Morgan fingerprint density at radius 3 is 3.00 bits per heavy atom. The summed E-state index contributed by atoms with van der Waals surface area (Å²) >= 11 is 0. The average Bonchev–Trinajstić information content (AvgIpc) is 2.82. The molecule has 1 aliphatic heterocycles. The van der Waals surface area contributed by atoms with Crippen molar-refractivity contribution in [2.24, 2.45) is 0 Å². The number of nitrogens with zero attached hydrogens (tertiary/aromatic N) is 4. The molecule has 1 atom stereocenters. The lowest BCUT2D eigenvalue weighted by molar-refractivity contribution is 0.0839. The number of hydrogen-bond donors (Lipinski definition) is 2. The Labute approximate surface area is 103 Å². The lowest BCUT2D eigenvalue weighted by Gasteiger charge is -2.20. The molecule has 3 heterocycles. The maximum Gasteiger partial charge on any atom is 0.349 e. The van der Waals surface area contributed by atoms with Crippen LogP contribution in [0.15, 0.2) is 10.9 Å². The van der Waals surface area contributed by atoms with Crippen molar-refractivity contribution in [1.29, 1.82) is 0 Å². The van der Waals surface area contributed by atoms with E-state index in [2.05, 4.69) is 15.2 Å². The van der Waals surface area contributed by atoms with Crippen LogP contribution in [0.4, 0.5) is 5.82 Å². The van der Waals surface area contributed by atoms with Crippen molar-refractivity contribution in [3.05, 3.63) is 22.4 Å². The van der Waals surface area contributed by atoms with Crippen LogP contribution in [-0.2, 0) is 0 Å². The molecule has 1 fully saturated rings. The third-order valence-electron chi connectivity index (χ3n) is 3.33. The molecule has 1 saturated heterocycles. The van der Waals surface area contributed by atoms with E-state index in [0.717, 1.165) is 12.4 Å². The molecule has 7 nitrogen and oxygen atoms in total. The highest BCUT2D eigenvalue weighted by molar-refractivity contribution is 5.52. The normalized spacial score (nSPS) is 24.1. The second kappa shape index (κ2) is 3.55. The fourth-order valence-electron chi connectivity index (χ4n) is 2.38. The van der Waals surface area contributed by atoms with Crippen molar-refractivity contribution in [3.8, 4) is 0 Å². The number of fused-ring (bicyclic) bond motifs is 1. The Bertz CT molecular complexity index is 657. The van der Waals surface area contributed by atoms with E-state index in [1.165, 1.54) is 4.40 Å². The van der Waals surface area contributed by atoms with Gasteiger partial charge in [0.2, 0.25) is 0 Å². The molecule has 7 heteroatoms. The van der Waals surface area contributed by atoms with Gasteiger partial charge < -0.3 is 10.0 Å². The fourth-order valence-corrected chi connectivity index (χ4v) is 2.38. The van der Waals surface area contributed by atoms with Gasteiger partial charge in [-0.25, -0.2) is 19.3 Å². The molecule has 2 aromatic rings. The fraction of sp³-hybridized carbons (Fsp3) is 0.545. The molecule has 0 saturated carbocycles. The third kappa shape index (κ3) is 1.67. The van der Waals surface area contributed by atoms with Crippen LogP contribution in [-0.4, -0.2) is 43.4 Å². The minimum atomic E-state index is -0.674. The van der Waals surface area contributed by atoms with E-state index in [-0.39, 0.29) is 5.69 Å². The Morgan fingerprint density at radius 1 is 1.56 bits per heavy atom. The van der Waals surface area contributed by atoms with E-state index >= 15 is 0 Å². The predicted molar refractivity (Wildman–Crippen MR) is 65.8 cm³/mol. The van der Waals surface area contributed by atoms with Crippen molar-refractivity contribution in [2.75, 3.05) is 18.0 Å². The summed E-state index contributed by atoms with van der Waals surface area (Å²) in [4.78, 5) is 17.9. The number of anilines is 1. The second-order valence-corrected chi connectivity index (χ2v) is 5.05. The topological polar surface area (TPSA) is 86.5 Å². The molecule has 0 aromatic carbocycles. The van der Waals surface area contributed by atoms with Crippen LogP contribution in [0.3, 0.4) is 0 Å². The average molecular weight is 249 g/mol. The Kier molecular flexibility index (Phi) is 2.21. The van der Waals surface area contributed by atoms with Gasteiger partial charge in [0.05, 0.1) is 5.60 Å². The van der Waals surface area contributed by atoms with Crippen molar-refractivity contribution in [3.63, 3.8) is 0 Å². The van der Waals surface area contributed by atoms with Crippen LogP contribution >= 0.6 is 0 Å². The molecule has 2 aromatic heterocycles. The first kappa shape index (κ1) is 11.2. The predicted octanol–water partition coefficient (Wildman–Crippen LogP) is -0.313. The first-order chi connectivity index (χ1) is 8.46. The van der Waals surface area contributed by atoms with Gasteiger partial charge in [0.15, 0.2) is 5.65 Å². The van der Waals surface area contributed by atoms with Gasteiger partial charge in [-0.05, 0) is 20.3 Å². The Morgan fingerprint density at radius 2 is 2.33 bits per heavy atom. The summed E-state index contributed by atoms with van der Waals surface area (Å²) in [7, 11) is 0. The van der Waals surface area contributed by atoms with Gasteiger partial charge in [-0.3, -0.25) is 0 Å². The number of H-pyrrole nitrogens is 1. The minimum absolute atomic E-state index is 0.282. The summed E-state index contributed by atoms with van der Waals surface area (Å²) in [6, 6.07) is 1.76. The van der Waals surface area contributed by atoms with Gasteiger partial charge in [-0.15, -0.1) is 0 Å². The summed E-state index contributed by atoms with van der Waals surface area (Å²) in [6.45, 7) is 4.88. The minimum Gasteiger partial charge on any atom is -0.388 e. The highest BCUT2D eigenvalue weighted by Crippen LogP contribution is 2.25. The standard InChI is InChI=1S/C11H15N5O2/c1-7-12-8(15-4-3-11(2,18)6-15)5-9-13-14-10(17)16(7)9/h5,18H,3-4,6H2,1-2H3,(H,14,17). The van der Waals surface area contributed by atoms with Crippen LogP contribution in [0, 0.1) is 6.92 Å². The van der Waals surface area contributed by atoms with E-state index in [1.807, 2.05) is 11.8 Å². The smallest absolute Gasteiger partial charge is 0.349 e. The van der Waals surface area contributed by atoms with Crippen LogP contribution < -0.4 is 10.6 Å². The number of hydrogen-bond acceptors (Lipinski definition) is 5. The molecule has 1 aliphatic rings. The third-order valence-corrected chi connectivity index (χ3v) is 3.33. The van der Waals surface area contributed by atoms with Crippen molar-refractivity contribution in [2.45, 2.75) is 25.9 Å². The van der Waals surface area contributed by atoms with E-state index in [1.54, 1.807) is 13.0 Å². The molecule has 2 N–H and O–H groups in total. The summed E-state index contributed by atoms with van der Waals surface area (Å²) in [5.41, 5.74) is -0.406. The van der Waals surface area contributed by atoms with E-state index < -0.39 is 5.60 Å². The number of β-amino-alcohol motifs (C(OH)–C–C–N with tert-alkyl or cyclic N) is 1. The number of aryl methyl sites for hydroxylation is 1. The molecule has 1 unspecified atom stereocenters. The van der Waals surface area contributed by atoms with Gasteiger partial charge in [0.1, 0.15) is 11.6 Å². The van der Waals surface area contributed by atoms with Crippen LogP contribution in [0.1, 0.15) is 19.2 Å². The molecule has 0 aliphatic carbocycles. The first-order valence-electron chi connectivity index (χ1n) is 5.88. The summed E-state index contributed by atoms with van der Waals surface area (Å²) < 4.78 is 1.43. The summed E-state index contributed by atoms with van der Waals surface area (Å²) in [5, 5.41) is 16.3. The molecule has 0 radical (unpaired) electrons. The quantitative estimate of drug-likeness (QED) is 0.724. The number of nitrogens with one attached hydrogen (secondary N) is 1. The summed E-state index contributed by atoms with van der Waals surface area (Å²) in [6.07, 6.45) is 0.715. The summed E-state index contributed by atoms with van der Waals surface area (Å²) in [5.74, 6) is 1.34. The number of aromatic nitrogens is 4. The molecule has 0 amide bonds. The molecule has 18 heavy (non-hydrogen) atoms. The molecule has 0 bridgehead atoms. The monoisotopic (exact) mass is 249 g/mol. The van der Waals surface area contributed by atoms with Crippen molar-refractivity contribution >= 4 is 11.5 Å². The van der Waals surface area contributed by atoms with Gasteiger partial charge in [-0.2, -0.15) is 5.10 Å². The Balaban J connectivity index is 2.06. The number of rotatable bonds is 1. The van der Waals surface area contributed by atoms with E-state index in [9.17, 15) is 9.90 Å². The first-order valence-corrected chi connectivity index (χ1v) is 5.88. The second-order valence-electron chi connectivity index (χ2n) is 5.05. The number of aromatic amines is 1. The molecular weight excluding hydrogens is 234 g/mol. The largest absolute Gasteiger partial charge is 0.388 e. The van der Waals surface area contributed by atoms with Crippen LogP contribution in [0.2, 0.25) is 0 Å². The zero-order valence-corrected chi connectivity index (χ0v) is 10.3. The molecular formula is C11H15N5O2. The van der Waals surface area contributed by atoms with Gasteiger partial charge >= 0.3 is 5.69 Å². The van der Waals surface area contributed by atoms with E-state index in [4.69, 9.17) is 0 Å². The number of aliphatic hydroxyl groups is 1. The molecule has 3 rings (SSSR count). The zero-order chi connectivity index (χ0) is 12.9. The highest BCUT2D eigenvalue weighted by atomic mass is 16.3. The van der Waals surface area contributed by atoms with Gasteiger partial charge in [-0.1, -0.05) is 0 Å². The lowest BCUT2D eigenvalue weighted by atomic mass is 10.1. The molecule has 96 valence electrons. The zero-order valence-electron chi connectivity index (χ0n) is 10.3. The maximum absolute atomic E-state index is 11.5. The highest BCUT2D eigenvalue weighted by Gasteiger charge is 2.32. The maximum atomic E-state index is 11.5. The van der Waals surface area contributed by atoms with Crippen molar-refractivity contribution in [1.82, 2.24) is 19.6 Å². The van der Waals surface area contributed by atoms with E-state index in [0.29, 0.717) is 24.4 Å². The van der Waals surface area contributed by atoms with Gasteiger partial charge in [0.25, 0.3) is 0 Å². The Hall–Kier alpha value is -1.89. The molecule has 0 spiro atoms. The SMILES string of the molecule is Cc1nc(N2CCC(C)(O)C2)cc2n[nH]c(=O)n12. The van der Waals surface area contributed by atoms with Gasteiger partial charge in [0, 0.05) is 19.2 Å². The van der Waals surface area contributed by atoms with Crippen LogP contribution in [0.5, 0.6) is 0 Å². The van der Waals surface area contributed by atoms with Crippen LogP contribution in [0.25, 0.3) is 5.65 Å².